The minimum atomic E-state index is -0.444. The number of anilines is 1. The lowest BCUT2D eigenvalue weighted by atomic mass is 10.2. The first-order valence-electron chi connectivity index (χ1n) is 7.78. The van der Waals surface area contributed by atoms with Gasteiger partial charge in [0.25, 0.3) is 5.69 Å². The first-order valence-corrected chi connectivity index (χ1v) is 8.86. The van der Waals surface area contributed by atoms with Crippen LogP contribution in [0, 0.1) is 13.7 Å². The van der Waals surface area contributed by atoms with Crippen LogP contribution in [0.4, 0.5) is 11.4 Å². The van der Waals surface area contributed by atoms with Gasteiger partial charge in [-0.2, -0.15) is 5.10 Å². The SMILES string of the molecule is C=CCOc1c(I)cc(/C=N/Nc2ccc([N+](=O)[O-])cc2)cc1OCC. The average Bonchev–Trinajstić information content (AvgIpc) is 2.62. The van der Waals surface area contributed by atoms with E-state index in [1.54, 1.807) is 24.4 Å². The summed E-state index contributed by atoms with van der Waals surface area (Å²) >= 11 is 2.18. The molecule has 7 nitrogen and oxygen atoms in total. The molecule has 2 aromatic carbocycles. The Kier molecular flexibility index (Phi) is 7.39. The van der Waals surface area contributed by atoms with Crippen molar-refractivity contribution in [2.45, 2.75) is 6.92 Å². The summed E-state index contributed by atoms with van der Waals surface area (Å²) in [5.41, 5.74) is 4.35. The monoisotopic (exact) mass is 467 g/mol. The van der Waals surface area contributed by atoms with Gasteiger partial charge in [0.05, 0.1) is 27.0 Å². The van der Waals surface area contributed by atoms with Gasteiger partial charge >= 0.3 is 0 Å². The lowest BCUT2D eigenvalue weighted by Crippen LogP contribution is -2.02. The van der Waals surface area contributed by atoms with Gasteiger partial charge < -0.3 is 9.47 Å². The normalized spacial score (nSPS) is 10.5. The van der Waals surface area contributed by atoms with E-state index in [1.165, 1.54) is 12.1 Å². The summed E-state index contributed by atoms with van der Waals surface area (Å²) in [7, 11) is 0. The standard InChI is InChI=1S/C18H18IN3O4/c1-3-9-26-18-16(19)10-13(11-17(18)25-4-2)12-20-21-14-5-7-15(8-6-14)22(23)24/h3,5-8,10-12,21H,1,4,9H2,2H3/b20-12+. The third-order valence-electron chi connectivity index (χ3n) is 3.16. The van der Waals surface area contributed by atoms with Crippen LogP contribution in [0.1, 0.15) is 12.5 Å². The Morgan fingerprint density at radius 3 is 2.65 bits per heavy atom. The molecule has 2 aromatic rings. The number of ether oxygens (including phenoxy) is 2. The molecule has 136 valence electrons. The van der Waals surface area contributed by atoms with E-state index >= 15 is 0 Å². The van der Waals surface area contributed by atoms with E-state index in [0.717, 1.165) is 9.13 Å². The van der Waals surface area contributed by atoms with Crippen molar-refractivity contribution in [1.82, 2.24) is 0 Å². The van der Waals surface area contributed by atoms with Crippen molar-refractivity contribution in [3.05, 3.63) is 68.3 Å². The van der Waals surface area contributed by atoms with Gasteiger partial charge in [0.1, 0.15) is 6.61 Å². The Labute approximate surface area is 165 Å². The van der Waals surface area contributed by atoms with Gasteiger partial charge in [-0.15, -0.1) is 0 Å². The topological polar surface area (TPSA) is 86.0 Å². The van der Waals surface area contributed by atoms with Crippen LogP contribution >= 0.6 is 22.6 Å². The molecule has 0 saturated heterocycles. The Morgan fingerprint density at radius 1 is 1.31 bits per heavy atom. The van der Waals surface area contributed by atoms with Crippen molar-refractivity contribution in [2.24, 2.45) is 5.10 Å². The number of nitrogens with one attached hydrogen (secondary N) is 1. The molecule has 0 atom stereocenters. The van der Waals surface area contributed by atoms with E-state index in [4.69, 9.17) is 9.47 Å². The fourth-order valence-electron chi connectivity index (χ4n) is 2.05. The summed E-state index contributed by atoms with van der Waals surface area (Å²) in [6.07, 6.45) is 3.32. The van der Waals surface area contributed by atoms with Crippen LogP contribution in [-0.2, 0) is 0 Å². The number of nitrogens with zero attached hydrogens (tertiary/aromatic N) is 2. The quantitative estimate of drug-likeness (QED) is 0.192. The highest BCUT2D eigenvalue weighted by Crippen LogP contribution is 2.34. The predicted molar refractivity (Wildman–Crippen MR) is 110 cm³/mol. The zero-order valence-electron chi connectivity index (χ0n) is 14.1. The minimum absolute atomic E-state index is 0.0329. The molecular weight excluding hydrogens is 449 g/mol. The second-order valence-electron chi connectivity index (χ2n) is 5.04. The number of non-ortho nitro benzene ring substituents is 1. The molecular formula is C18H18IN3O4. The van der Waals surface area contributed by atoms with Crippen LogP contribution in [0.5, 0.6) is 11.5 Å². The number of hydrazone groups is 1. The number of benzene rings is 2. The summed E-state index contributed by atoms with van der Waals surface area (Å²) in [5, 5.41) is 14.8. The van der Waals surface area contributed by atoms with Crippen molar-refractivity contribution in [3.8, 4) is 11.5 Å². The summed E-state index contributed by atoms with van der Waals surface area (Å²) in [6.45, 7) is 6.46. The lowest BCUT2D eigenvalue weighted by molar-refractivity contribution is -0.384. The third kappa shape index (κ3) is 5.45. The van der Waals surface area contributed by atoms with Crippen LogP contribution in [0.25, 0.3) is 0 Å². The highest BCUT2D eigenvalue weighted by molar-refractivity contribution is 14.1. The Balaban J connectivity index is 2.13. The second-order valence-corrected chi connectivity index (χ2v) is 6.20. The maximum absolute atomic E-state index is 10.6. The van der Waals surface area contributed by atoms with Crippen LogP contribution in [0.3, 0.4) is 0 Å². The summed E-state index contributed by atoms with van der Waals surface area (Å²) in [5.74, 6) is 1.31. The fourth-order valence-corrected chi connectivity index (χ4v) is 2.83. The molecule has 0 radical (unpaired) electrons. The Hall–Kier alpha value is -2.62. The van der Waals surface area contributed by atoms with Crippen molar-refractivity contribution in [2.75, 3.05) is 18.6 Å². The fraction of sp³-hybridized carbons (Fsp3) is 0.167. The number of nitro groups is 1. The molecule has 0 fully saturated rings. The summed E-state index contributed by atoms with van der Waals surface area (Å²) < 4.78 is 12.2. The molecule has 0 aliphatic rings. The van der Waals surface area contributed by atoms with Gasteiger partial charge in [0.2, 0.25) is 0 Å². The molecule has 0 aromatic heterocycles. The summed E-state index contributed by atoms with van der Waals surface area (Å²) in [4.78, 5) is 10.2. The zero-order chi connectivity index (χ0) is 18.9. The maximum Gasteiger partial charge on any atom is 0.269 e. The highest BCUT2D eigenvalue weighted by Gasteiger charge is 2.11. The number of nitro benzene ring substituents is 1. The van der Waals surface area contributed by atoms with Gasteiger partial charge in [-0.05, 0) is 59.3 Å². The summed E-state index contributed by atoms with van der Waals surface area (Å²) in [6, 6.07) is 9.78. The molecule has 1 N–H and O–H groups in total. The first kappa shape index (κ1) is 19.7. The molecule has 0 aliphatic carbocycles. The van der Waals surface area contributed by atoms with Gasteiger partial charge in [0, 0.05) is 12.1 Å². The highest BCUT2D eigenvalue weighted by atomic mass is 127. The van der Waals surface area contributed by atoms with Gasteiger partial charge in [-0.25, -0.2) is 0 Å². The van der Waals surface area contributed by atoms with Crippen LogP contribution in [0.15, 0.2) is 54.2 Å². The van der Waals surface area contributed by atoms with Crippen molar-refractivity contribution < 1.29 is 14.4 Å². The number of hydrogen-bond acceptors (Lipinski definition) is 6. The second kappa shape index (κ2) is 9.76. The van der Waals surface area contributed by atoms with E-state index in [0.29, 0.717) is 30.4 Å². The molecule has 0 amide bonds. The predicted octanol–water partition coefficient (Wildman–Crippen LogP) is 4.61. The molecule has 0 saturated carbocycles. The largest absolute Gasteiger partial charge is 0.490 e. The third-order valence-corrected chi connectivity index (χ3v) is 3.96. The van der Waals surface area contributed by atoms with E-state index in [-0.39, 0.29) is 5.69 Å². The van der Waals surface area contributed by atoms with Gasteiger partial charge in [-0.1, -0.05) is 12.7 Å². The Morgan fingerprint density at radius 2 is 2.04 bits per heavy atom. The first-order chi connectivity index (χ1) is 12.5. The van der Waals surface area contributed by atoms with E-state index in [2.05, 4.69) is 39.7 Å². The van der Waals surface area contributed by atoms with E-state index < -0.39 is 4.92 Å². The van der Waals surface area contributed by atoms with Gasteiger partial charge in [-0.3, -0.25) is 15.5 Å². The molecule has 26 heavy (non-hydrogen) atoms. The number of rotatable bonds is 9. The molecule has 0 unspecified atom stereocenters. The molecule has 8 heteroatoms. The van der Waals surface area contributed by atoms with Crippen LogP contribution < -0.4 is 14.9 Å². The number of halogens is 1. The molecule has 0 bridgehead atoms. The Bertz CT molecular complexity index is 807. The van der Waals surface area contributed by atoms with Crippen LogP contribution in [-0.4, -0.2) is 24.4 Å². The van der Waals surface area contributed by atoms with Gasteiger partial charge in [0.15, 0.2) is 11.5 Å². The molecule has 2 rings (SSSR count). The molecule has 0 aliphatic heterocycles. The van der Waals surface area contributed by atoms with Crippen molar-refractivity contribution in [1.29, 1.82) is 0 Å². The smallest absolute Gasteiger partial charge is 0.269 e. The lowest BCUT2D eigenvalue weighted by Gasteiger charge is -2.13. The maximum atomic E-state index is 10.6. The minimum Gasteiger partial charge on any atom is -0.490 e. The molecule has 0 heterocycles. The van der Waals surface area contributed by atoms with Crippen molar-refractivity contribution >= 4 is 40.2 Å². The number of hydrogen-bond donors (Lipinski definition) is 1. The molecule has 0 spiro atoms. The van der Waals surface area contributed by atoms with E-state index in [9.17, 15) is 10.1 Å². The van der Waals surface area contributed by atoms with Crippen LogP contribution in [0.2, 0.25) is 0 Å². The zero-order valence-corrected chi connectivity index (χ0v) is 16.3. The van der Waals surface area contributed by atoms with Crippen molar-refractivity contribution in [3.63, 3.8) is 0 Å². The van der Waals surface area contributed by atoms with E-state index in [1.807, 2.05) is 19.1 Å². The average molecular weight is 467 g/mol.